The summed E-state index contributed by atoms with van der Waals surface area (Å²) in [6.45, 7) is 0. The summed E-state index contributed by atoms with van der Waals surface area (Å²) in [6.07, 6.45) is 0. The molecule has 0 amide bonds. The fourth-order valence-corrected chi connectivity index (χ4v) is 0. The van der Waals surface area contributed by atoms with E-state index in [1.807, 2.05) is 0 Å². The summed E-state index contributed by atoms with van der Waals surface area (Å²) in [5, 5.41) is 0. The van der Waals surface area contributed by atoms with Gasteiger partial charge < -0.3 is 32.9 Å². The third kappa shape index (κ3) is 286. The Labute approximate surface area is 71.3 Å². The number of rotatable bonds is 0. The molecule has 0 rings (SSSR count). The van der Waals surface area contributed by atoms with Crippen molar-refractivity contribution in [2.75, 3.05) is 0 Å². The van der Waals surface area contributed by atoms with Crippen LogP contribution in [0.4, 0.5) is 0 Å². The van der Waals surface area contributed by atoms with E-state index in [9.17, 15) is 0 Å². The van der Waals surface area contributed by atoms with E-state index in [1.165, 1.54) is 0 Å². The summed E-state index contributed by atoms with van der Waals surface area (Å²) >= 11 is 0. The van der Waals surface area contributed by atoms with Crippen molar-refractivity contribution in [2.24, 2.45) is 0 Å². The molecule has 8 heteroatoms. The predicted molar refractivity (Wildman–Crippen MR) is 38.9 cm³/mol. The van der Waals surface area contributed by atoms with Gasteiger partial charge in [-0.15, -0.1) is 12.4 Å². The number of hydrogen-bond donors (Lipinski definition) is 0. The molecule has 0 saturated heterocycles. The van der Waals surface area contributed by atoms with Gasteiger partial charge in [-0.3, -0.25) is 0 Å². The molecular formula is H16ClInO6. The van der Waals surface area contributed by atoms with Crippen LogP contribution in [0.3, 0.4) is 0 Å². The van der Waals surface area contributed by atoms with E-state index in [1.54, 1.807) is 0 Å². The van der Waals surface area contributed by atoms with Crippen molar-refractivity contribution in [3.8, 4) is 0 Å². The van der Waals surface area contributed by atoms with Crippen LogP contribution in [0.5, 0.6) is 0 Å². The summed E-state index contributed by atoms with van der Waals surface area (Å²) in [5.74, 6) is 0. The van der Waals surface area contributed by atoms with Gasteiger partial charge in [0.15, 0.2) is 0 Å². The summed E-state index contributed by atoms with van der Waals surface area (Å²) < 4.78 is 0. The Morgan fingerprint density at radius 3 is 0.375 bits per heavy atom. The summed E-state index contributed by atoms with van der Waals surface area (Å²) in [6, 6.07) is 0. The summed E-state index contributed by atoms with van der Waals surface area (Å²) in [5.41, 5.74) is 0. The molecule has 62 valence electrons. The van der Waals surface area contributed by atoms with Gasteiger partial charge in [0.2, 0.25) is 0 Å². The Morgan fingerprint density at radius 1 is 0.375 bits per heavy atom. The molecule has 0 aromatic heterocycles. The number of halogens is 1. The van der Waals surface area contributed by atoms with Crippen LogP contribution in [0, 0.1) is 0 Å². The number of hydrogen-bond acceptors (Lipinski definition) is 0. The van der Waals surface area contributed by atoms with Crippen LogP contribution >= 0.6 is 12.4 Å². The van der Waals surface area contributed by atoms with Gasteiger partial charge in [0.05, 0.1) is 0 Å². The molecule has 0 aromatic rings. The zero-order chi connectivity index (χ0) is 0. The van der Waals surface area contributed by atoms with Crippen LogP contribution in [-0.2, 0) is 0 Å². The second kappa shape index (κ2) is 448. The molecule has 0 aliphatic carbocycles. The van der Waals surface area contributed by atoms with Crippen molar-refractivity contribution >= 4 is 38.3 Å². The van der Waals surface area contributed by atoms with E-state index in [0.29, 0.717) is 0 Å². The average Bonchev–Trinajstić information content (AvgIpc) is 0. The molecule has 8 heavy (non-hydrogen) atoms. The van der Waals surface area contributed by atoms with Gasteiger partial charge in [-0.1, -0.05) is 0 Å². The van der Waals surface area contributed by atoms with Gasteiger partial charge >= 0.3 is 25.8 Å². The Morgan fingerprint density at radius 2 is 0.375 bits per heavy atom. The van der Waals surface area contributed by atoms with Crippen molar-refractivity contribution in [1.29, 1.82) is 0 Å². The van der Waals surface area contributed by atoms with Crippen molar-refractivity contribution < 1.29 is 32.9 Å². The summed E-state index contributed by atoms with van der Waals surface area (Å²) in [7, 11) is 0. The SMILES string of the molecule is Cl.O.O.O.O.O.O.[InH3]. The van der Waals surface area contributed by atoms with E-state index in [2.05, 4.69) is 0 Å². The molecule has 0 unspecified atom stereocenters. The first-order valence-corrected chi connectivity index (χ1v) is 0. The molecule has 12 N–H and O–H groups in total. The quantitative estimate of drug-likeness (QED) is 0.402. The van der Waals surface area contributed by atoms with Crippen LogP contribution in [0.2, 0.25) is 0 Å². The molecular weight excluding hydrogens is 246 g/mol. The minimum atomic E-state index is 0. The summed E-state index contributed by atoms with van der Waals surface area (Å²) in [4.78, 5) is 0. The van der Waals surface area contributed by atoms with Crippen molar-refractivity contribution in [1.82, 2.24) is 0 Å². The zero-order valence-corrected chi connectivity index (χ0v) is 4.22. The fraction of sp³-hybridized carbons (Fsp3) is 0. The Bertz CT molecular complexity index is 8.49. The van der Waals surface area contributed by atoms with Gasteiger partial charge in [-0.2, -0.15) is 0 Å². The normalized spacial score (nSPS) is 0. The van der Waals surface area contributed by atoms with Crippen LogP contribution < -0.4 is 0 Å². The monoisotopic (exact) mass is 262 g/mol. The van der Waals surface area contributed by atoms with Gasteiger partial charge in [0.25, 0.3) is 0 Å². The maximum atomic E-state index is 0. The second-order valence-corrected chi connectivity index (χ2v) is 0. The van der Waals surface area contributed by atoms with Gasteiger partial charge in [-0.25, -0.2) is 0 Å². The first-order chi connectivity index (χ1) is 0. The minimum absolute atomic E-state index is 0. The molecule has 0 saturated carbocycles. The van der Waals surface area contributed by atoms with Crippen molar-refractivity contribution in [3.05, 3.63) is 0 Å². The zero-order valence-electron chi connectivity index (χ0n) is 3.41. The van der Waals surface area contributed by atoms with E-state index >= 15 is 0 Å². The van der Waals surface area contributed by atoms with Gasteiger partial charge in [0.1, 0.15) is 0 Å². The second-order valence-electron chi connectivity index (χ2n) is 0. The Hall–Kier alpha value is 0.920. The van der Waals surface area contributed by atoms with E-state index in [-0.39, 0.29) is 71.1 Å². The molecule has 0 aliphatic rings. The first kappa shape index (κ1) is 661. The Kier molecular flexibility index (Phi) is 37000. The molecule has 0 bridgehead atoms. The molecule has 0 radical (unpaired) electrons. The standard InChI is InChI=1S/ClH.In.6H2O.3H/h1H;;6*1H2;;;. The molecule has 0 atom stereocenters. The van der Waals surface area contributed by atoms with Gasteiger partial charge in [0, 0.05) is 0 Å². The first-order valence-electron chi connectivity index (χ1n) is 0. The van der Waals surface area contributed by atoms with Gasteiger partial charge in [-0.05, 0) is 0 Å². The van der Waals surface area contributed by atoms with E-state index < -0.39 is 0 Å². The Balaban J connectivity index is 0. The molecule has 6 nitrogen and oxygen atoms in total. The van der Waals surface area contributed by atoms with Crippen LogP contribution in [0.15, 0.2) is 0 Å². The van der Waals surface area contributed by atoms with E-state index in [0.717, 1.165) is 0 Å². The van der Waals surface area contributed by atoms with Crippen LogP contribution in [-0.4, -0.2) is 58.7 Å². The topological polar surface area (TPSA) is 189 Å². The molecule has 0 heterocycles. The third-order valence-electron chi connectivity index (χ3n) is 0. The predicted octanol–water partition coefficient (Wildman–Crippen LogP) is -5.71. The maximum absolute atomic E-state index is 0. The third-order valence-corrected chi connectivity index (χ3v) is 0. The molecule has 0 fully saturated rings. The average molecular weight is 262 g/mol. The van der Waals surface area contributed by atoms with Crippen LogP contribution in [0.25, 0.3) is 0 Å². The van der Waals surface area contributed by atoms with Crippen LogP contribution in [0.1, 0.15) is 0 Å². The van der Waals surface area contributed by atoms with Crippen molar-refractivity contribution in [2.45, 2.75) is 0 Å². The fourth-order valence-electron chi connectivity index (χ4n) is 0. The van der Waals surface area contributed by atoms with E-state index in [4.69, 9.17) is 0 Å². The molecule has 0 aliphatic heterocycles. The molecule has 0 aromatic carbocycles. The molecule has 0 spiro atoms. The van der Waals surface area contributed by atoms with Crippen molar-refractivity contribution in [3.63, 3.8) is 0 Å².